The predicted octanol–water partition coefficient (Wildman–Crippen LogP) is 2.49. The maximum absolute atomic E-state index is 14.1. The fraction of sp³-hybridized carbons (Fsp3) is 0.640. The Morgan fingerprint density at radius 3 is 2.65 bits per heavy atom. The summed E-state index contributed by atoms with van der Waals surface area (Å²) in [4.78, 5) is 26.3. The normalized spacial score (nSPS) is 21.9. The van der Waals surface area contributed by atoms with Gasteiger partial charge in [-0.25, -0.2) is 4.39 Å². The Morgan fingerprint density at radius 2 is 2.00 bits per heavy atom. The summed E-state index contributed by atoms with van der Waals surface area (Å²) in [5.41, 5.74) is 0.218. The van der Waals surface area contributed by atoms with Crippen LogP contribution in [0.15, 0.2) is 18.2 Å². The quantitative estimate of drug-likeness (QED) is 0.545. The molecular weight excluding hydrogens is 439 g/mol. The van der Waals surface area contributed by atoms with Gasteiger partial charge in [-0.05, 0) is 60.6 Å². The first kappa shape index (κ1) is 24.6. The van der Waals surface area contributed by atoms with Crippen molar-refractivity contribution in [3.05, 3.63) is 29.7 Å². The summed E-state index contributed by atoms with van der Waals surface area (Å²) >= 11 is 0. The van der Waals surface area contributed by atoms with Crippen molar-refractivity contribution in [2.45, 2.75) is 52.6 Å². The Balaban J connectivity index is 1.53. The van der Waals surface area contributed by atoms with Crippen molar-refractivity contribution in [1.82, 2.24) is 20.4 Å². The van der Waals surface area contributed by atoms with Crippen LogP contribution in [0.3, 0.4) is 0 Å². The lowest BCUT2D eigenvalue weighted by Gasteiger charge is -2.30. The zero-order valence-electron chi connectivity index (χ0n) is 20.1. The number of carbonyl (C=O) groups is 2. The van der Waals surface area contributed by atoms with E-state index >= 15 is 0 Å². The maximum Gasteiger partial charge on any atom is 0.273 e. The van der Waals surface area contributed by atoms with Gasteiger partial charge >= 0.3 is 0 Å². The molecule has 3 atom stereocenters. The first-order chi connectivity index (χ1) is 16.2. The fourth-order valence-electron chi connectivity index (χ4n) is 4.62. The summed E-state index contributed by atoms with van der Waals surface area (Å²) in [5.74, 6) is -0.243. The number of nitrogens with one attached hydrogen (secondary N) is 2. The van der Waals surface area contributed by atoms with E-state index in [1.807, 2.05) is 20.8 Å². The van der Waals surface area contributed by atoms with Gasteiger partial charge in [0.05, 0.1) is 5.52 Å². The third-order valence-electron chi connectivity index (χ3n) is 6.95. The van der Waals surface area contributed by atoms with Gasteiger partial charge in [-0.1, -0.05) is 20.8 Å². The molecule has 1 saturated carbocycles. The molecule has 186 valence electrons. The van der Waals surface area contributed by atoms with Crippen molar-refractivity contribution in [1.29, 1.82) is 0 Å². The summed E-state index contributed by atoms with van der Waals surface area (Å²) in [6.07, 6.45) is 2.68. The monoisotopic (exact) mass is 474 g/mol. The number of amides is 2. The van der Waals surface area contributed by atoms with Gasteiger partial charge in [0.25, 0.3) is 5.91 Å². The number of aliphatic hydroxyl groups excluding tert-OH is 1. The van der Waals surface area contributed by atoms with Crippen molar-refractivity contribution in [3.63, 3.8) is 0 Å². The maximum atomic E-state index is 14.1. The average molecular weight is 475 g/mol. The van der Waals surface area contributed by atoms with Gasteiger partial charge in [-0.15, -0.1) is 0 Å². The molecular formula is C25H35FN4O4. The van der Waals surface area contributed by atoms with Crippen molar-refractivity contribution >= 4 is 22.7 Å². The topological polar surface area (TPSA) is 105 Å². The van der Waals surface area contributed by atoms with Gasteiger partial charge < -0.3 is 20.5 Å². The van der Waals surface area contributed by atoms with Crippen LogP contribution in [0.4, 0.5) is 4.39 Å². The molecule has 2 aliphatic rings. The molecule has 1 aliphatic carbocycles. The van der Waals surface area contributed by atoms with Crippen LogP contribution in [-0.2, 0) is 16.1 Å². The number of rotatable bonds is 8. The molecule has 0 spiro atoms. The van der Waals surface area contributed by atoms with Crippen LogP contribution in [-0.4, -0.2) is 59.1 Å². The van der Waals surface area contributed by atoms with Crippen molar-refractivity contribution in [3.8, 4) is 0 Å². The Bertz CT molecular complexity index is 1040. The van der Waals surface area contributed by atoms with Crippen LogP contribution in [0.1, 0.15) is 50.5 Å². The van der Waals surface area contributed by atoms with E-state index in [4.69, 9.17) is 4.74 Å². The highest BCUT2D eigenvalue weighted by Crippen LogP contribution is 2.37. The van der Waals surface area contributed by atoms with Gasteiger partial charge in [-0.2, -0.15) is 5.10 Å². The van der Waals surface area contributed by atoms with E-state index in [9.17, 15) is 19.1 Å². The minimum Gasteiger partial charge on any atom is -0.396 e. The second-order valence-corrected chi connectivity index (χ2v) is 10.7. The molecule has 3 N–H and O–H groups in total. The third kappa shape index (κ3) is 5.58. The molecule has 2 unspecified atom stereocenters. The van der Waals surface area contributed by atoms with Gasteiger partial charge in [0.1, 0.15) is 11.9 Å². The fourth-order valence-corrected chi connectivity index (χ4v) is 4.62. The Kier molecular flexibility index (Phi) is 7.23. The third-order valence-corrected chi connectivity index (χ3v) is 6.95. The molecule has 2 amide bonds. The minimum absolute atomic E-state index is 0.129. The Morgan fingerprint density at radius 1 is 1.26 bits per heavy atom. The number of benzene rings is 1. The van der Waals surface area contributed by atoms with Crippen LogP contribution in [0, 0.1) is 29.0 Å². The van der Waals surface area contributed by atoms with Crippen molar-refractivity contribution in [2.75, 3.05) is 26.4 Å². The van der Waals surface area contributed by atoms with E-state index in [1.54, 1.807) is 10.7 Å². The van der Waals surface area contributed by atoms with E-state index in [1.165, 1.54) is 12.1 Å². The Hall–Kier alpha value is -2.52. The molecule has 1 saturated heterocycles. The molecule has 2 fully saturated rings. The molecule has 1 aliphatic heterocycles. The van der Waals surface area contributed by atoms with E-state index in [0.29, 0.717) is 43.1 Å². The zero-order chi connectivity index (χ0) is 24.5. The molecule has 4 rings (SSSR count). The number of fused-ring (bicyclic) bond motifs is 1. The highest BCUT2D eigenvalue weighted by molar-refractivity contribution is 6.06. The van der Waals surface area contributed by atoms with Crippen LogP contribution in [0.25, 0.3) is 10.9 Å². The summed E-state index contributed by atoms with van der Waals surface area (Å²) in [5, 5.41) is 20.1. The first-order valence-electron chi connectivity index (χ1n) is 12.1. The molecule has 34 heavy (non-hydrogen) atoms. The smallest absolute Gasteiger partial charge is 0.273 e. The number of ether oxygens (including phenoxy) is 1. The summed E-state index contributed by atoms with van der Waals surface area (Å²) in [7, 11) is 0. The lowest BCUT2D eigenvalue weighted by molar-refractivity contribution is -0.125. The van der Waals surface area contributed by atoms with Gasteiger partial charge in [0.2, 0.25) is 5.91 Å². The number of aromatic nitrogens is 2. The molecule has 9 heteroatoms. The van der Waals surface area contributed by atoms with Gasteiger partial charge in [0, 0.05) is 38.3 Å². The molecule has 8 nitrogen and oxygen atoms in total. The summed E-state index contributed by atoms with van der Waals surface area (Å²) in [6, 6.07) is 3.52. The van der Waals surface area contributed by atoms with E-state index in [-0.39, 0.29) is 35.9 Å². The molecule has 2 heterocycles. The van der Waals surface area contributed by atoms with Crippen LogP contribution < -0.4 is 10.6 Å². The lowest BCUT2D eigenvalue weighted by Crippen LogP contribution is -2.54. The highest BCUT2D eigenvalue weighted by atomic mass is 19.1. The van der Waals surface area contributed by atoms with Gasteiger partial charge in [0.15, 0.2) is 5.69 Å². The van der Waals surface area contributed by atoms with Crippen molar-refractivity contribution < 1.29 is 23.8 Å². The first-order valence-corrected chi connectivity index (χ1v) is 12.1. The number of aliphatic hydroxyl groups is 1. The number of hydrogen-bond donors (Lipinski definition) is 3. The predicted molar refractivity (Wildman–Crippen MR) is 126 cm³/mol. The molecule has 0 radical (unpaired) electrons. The highest BCUT2D eigenvalue weighted by Gasteiger charge is 2.38. The van der Waals surface area contributed by atoms with Gasteiger partial charge in [-0.3, -0.25) is 14.3 Å². The van der Waals surface area contributed by atoms with Crippen molar-refractivity contribution in [2.24, 2.45) is 23.2 Å². The zero-order valence-corrected chi connectivity index (χ0v) is 20.1. The largest absolute Gasteiger partial charge is 0.396 e. The number of nitrogens with zero attached hydrogens (tertiary/aromatic N) is 2. The van der Waals surface area contributed by atoms with E-state index < -0.39 is 17.4 Å². The molecule has 1 aromatic carbocycles. The second-order valence-electron chi connectivity index (χ2n) is 10.7. The number of halogens is 1. The molecule has 0 bridgehead atoms. The summed E-state index contributed by atoms with van der Waals surface area (Å²) in [6.45, 7) is 8.24. The van der Waals surface area contributed by atoms with Crippen LogP contribution >= 0.6 is 0 Å². The molecule has 1 aromatic heterocycles. The molecule has 2 aromatic rings. The van der Waals surface area contributed by atoms with E-state index in [2.05, 4.69) is 15.7 Å². The summed E-state index contributed by atoms with van der Waals surface area (Å²) < 4.78 is 21.2. The minimum atomic E-state index is -0.775. The lowest BCUT2D eigenvalue weighted by atomic mass is 9.86. The second kappa shape index (κ2) is 10.00. The van der Waals surface area contributed by atoms with Crippen LogP contribution in [0.5, 0.6) is 0 Å². The SMILES string of the molecule is CC(C)(C)C(NC(=O)c1nn(CC2CCOCC2)c2cc(F)ccc12)C(=O)NC[C@H]1CC1CO. The van der Waals surface area contributed by atoms with E-state index in [0.717, 1.165) is 19.3 Å². The standard InChI is InChI=1S/C25H35FN4O4/c1-25(2,3)22(24(33)27-12-16-10-17(16)14-31)28-23(32)21-19-5-4-18(26)11-20(19)30(29-21)13-15-6-8-34-9-7-15/h4-5,11,15-17,22,31H,6-10,12-14H2,1-3H3,(H,27,33)(H,28,32)/t16-,17?,22?/m1/s1. The number of carbonyl (C=O) groups excluding carboxylic acids is 2. The number of hydrogen-bond acceptors (Lipinski definition) is 5. The van der Waals surface area contributed by atoms with Crippen LogP contribution in [0.2, 0.25) is 0 Å². The average Bonchev–Trinajstić information content (AvgIpc) is 3.49. The Labute approximate surface area is 199 Å².